The summed E-state index contributed by atoms with van der Waals surface area (Å²) < 4.78 is 10.9. The van der Waals surface area contributed by atoms with E-state index in [-0.39, 0.29) is 17.9 Å². The summed E-state index contributed by atoms with van der Waals surface area (Å²) in [5.74, 6) is 0.877. The summed E-state index contributed by atoms with van der Waals surface area (Å²) >= 11 is 0. The van der Waals surface area contributed by atoms with Gasteiger partial charge in [-0.05, 0) is 52.0 Å². The highest BCUT2D eigenvalue weighted by Gasteiger charge is 2.14. The molecule has 0 saturated heterocycles. The van der Waals surface area contributed by atoms with Crippen LogP contribution in [0.25, 0.3) is 0 Å². The number of methoxy groups -OCH3 is 1. The normalized spacial score (nSPS) is 13.1. The number of benzene rings is 1. The number of carbonyl (C=O) groups is 1. The first-order valence-corrected chi connectivity index (χ1v) is 7.67. The highest BCUT2D eigenvalue weighted by Crippen LogP contribution is 2.28. The van der Waals surface area contributed by atoms with Crippen molar-refractivity contribution in [1.29, 1.82) is 0 Å². The molecular formula is C18H27NO4. The maximum atomic E-state index is 11.8. The van der Waals surface area contributed by atoms with E-state index >= 15 is 0 Å². The molecule has 0 heterocycles. The summed E-state index contributed by atoms with van der Waals surface area (Å²) in [6.07, 6.45) is 2.55. The predicted octanol–water partition coefficient (Wildman–Crippen LogP) is 2.58. The van der Waals surface area contributed by atoms with Crippen LogP contribution in [0.15, 0.2) is 30.4 Å². The lowest BCUT2D eigenvalue weighted by Gasteiger charge is -2.23. The van der Waals surface area contributed by atoms with E-state index in [1.165, 1.54) is 13.2 Å². The average molecular weight is 321 g/mol. The lowest BCUT2D eigenvalue weighted by Crippen LogP contribution is -2.42. The Labute approximate surface area is 138 Å². The number of nitrogens with one attached hydrogen (secondary N) is 1. The van der Waals surface area contributed by atoms with E-state index in [1.807, 2.05) is 20.8 Å². The van der Waals surface area contributed by atoms with Gasteiger partial charge in [0.2, 0.25) is 0 Å². The van der Waals surface area contributed by atoms with Crippen molar-refractivity contribution < 1.29 is 19.4 Å². The fourth-order valence-electron chi connectivity index (χ4n) is 1.86. The molecule has 0 spiro atoms. The number of rotatable bonds is 8. The van der Waals surface area contributed by atoms with Crippen LogP contribution in [-0.4, -0.2) is 42.8 Å². The highest BCUT2D eigenvalue weighted by molar-refractivity contribution is 6.04. The van der Waals surface area contributed by atoms with Gasteiger partial charge in [0.05, 0.1) is 7.11 Å². The van der Waals surface area contributed by atoms with E-state index in [2.05, 4.69) is 5.32 Å². The number of hydrogen-bond donors (Lipinski definition) is 2. The zero-order valence-electron chi connectivity index (χ0n) is 14.6. The number of carbonyl (C=O) groups excluding carboxylic acids is 1. The van der Waals surface area contributed by atoms with E-state index in [1.54, 1.807) is 31.2 Å². The average Bonchev–Trinajstić information content (AvgIpc) is 2.50. The Hall–Kier alpha value is -1.85. The Kier molecular flexibility index (Phi) is 7.26. The van der Waals surface area contributed by atoms with E-state index in [9.17, 15) is 9.90 Å². The molecule has 0 fully saturated rings. The molecule has 0 aliphatic heterocycles. The molecule has 0 amide bonds. The van der Waals surface area contributed by atoms with Gasteiger partial charge in [-0.2, -0.15) is 0 Å². The topological polar surface area (TPSA) is 67.8 Å². The quantitative estimate of drug-likeness (QED) is 0.569. The molecule has 1 rings (SSSR count). The van der Waals surface area contributed by atoms with Crippen molar-refractivity contribution in [3.8, 4) is 11.5 Å². The molecule has 23 heavy (non-hydrogen) atoms. The first kappa shape index (κ1) is 19.2. The van der Waals surface area contributed by atoms with Gasteiger partial charge in [0.1, 0.15) is 12.7 Å². The van der Waals surface area contributed by atoms with Gasteiger partial charge in [-0.3, -0.25) is 4.79 Å². The summed E-state index contributed by atoms with van der Waals surface area (Å²) in [7, 11) is 1.52. The molecule has 0 aromatic heterocycles. The molecule has 0 bridgehead atoms. The van der Waals surface area contributed by atoms with Gasteiger partial charge in [0.25, 0.3) is 0 Å². The minimum Gasteiger partial charge on any atom is -0.493 e. The minimum atomic E-state index is -0.636. The van der Waals surface area contributed by atoms with Crippen molar-refractivity contribution in [3.63, 3.8) is 0 Å². The molecule has 5 nitrogen and oxygen atoms in total. The van der Waals surface area contributed by atoms with Crippen LogP contribution in [-0.2, 0) is 0 Å². The van der Waals surface area contributed by atoms with Crippen molar-refractivity contribution in [2.75, 3.05) is 20.3 Å². The van der Waals surface area contributed by atoms with E-state index in [0.29, 0.717) is 23.6 Å². The summed E-state index contributed by atoms with van der Waals surface area (Å²) in [4.78, 5) is 11.8. The highest BCUT2D eigenvalue weighted by atomic mass is 16.5. The summed E-state index contributed by atoms with van der Waals surface area (Å²) in [5.41, 5.74) is 0.468. The molecule has 5 heteroatoms. The standard InChI is InChI=1S/C18H27NO4/c1-6-7-15(21)13-8-9-16(17(10-13)22-5)23-12-14(20)11-19-18(2,3)4/h6-10,14,19-20H,11-12H2,1-5H3. The van der Waals surface area contributed by atoms with Crippen LogP contribution in [0.5, 0.6) is 11.5 Å². The van der Waals surface area contributed by atoms with Gasteiger partial charge in [-0.1, -0.05) is 6.08 Å². The molecule has 128 valence electrons. The van der Waals surface area contributed by atoms with Crippen LogP contribution >= 0.6 is 0 Å². The summed E-state index contributed by atoms with van der Waals surface area (Å²) in [6.45, 7) is 8.46. The number of aliphatic hydroxyl groups excluding tert-OH is 1. The fraction of sp³-hybridized carbons (Fsp3) is 0.500. The second-order valence-electron chi connectivity index (χ2n) is 6.33. The minimum absolute atomic E-state index is 0.0620. The lowest BCUT2D eigenvalue weighted by atomic mass is 10.1. The monoisotopic (exact) mass is 321 g/mol. The maximum absolute atomic E-state index is 11.8. The third-order valence-electron chi connectivity index (χ3n) is 3.07. The van der Waals surface area contributed by atoms with Crippen LogP contribution in [0, 0.1) is 0 Å². The van der Waals surface area contributed by atoms with Gasteiger partial charge in [0.15, 0.2) is 17.3 Å². The lowest BCUT2D eigenvalue weighted by molar-refractivity contribution is 0.0982. The molecule has 1 atom stereocenters. The number of β-amino-alcohol motifs (C(OH)–C–C–N with tert-alkyl or cyclic N) is 1. The molecule has 0 aliphatic rings. The van der Waals surface area contributed by atoms with Gasteiger partial charge < -0.3 is 19.9 Å². The van der Waals surface area contributed by atoms with Gasteiger partial charge in [0, 0.05) is 17.6 Å². The second-order valence-corrected chi connectivity index (χ2v) is 6.33. The number of aliphatic hydroxyl groups is 1. The molecule has 1 unspecified atom stereocenters. The Balaban J connectivity index is 2.68. The van der Waals surface area contributed by atoms with Crippen molar-refractivity contribution in [3.05, 3.63) is 35.9 Å². The predicted molar refractivity (Wildman–Crippen MR) is 91.4 cm³/mol. The summed E-state index contributed by atoms with van der Waals surface area (Å²) in [5, 5.41) is 13.2. The zero-order valence-corrected chi connectivity index (χ0v) is 14.6. The van der Waals surface area contributed by atoms with Crippen LogP contribution in [0.4, 0.5) is 0 Å². The van der Waals surface area contributed by atoms with Gasteiger partial charge in [-0.15, -0.1) is 0 Å². The van der Waals surface area contributed by atoms with Crippen LogP contribution < -0.4 is 14.8 Å². The van der Waals surface area contributed by atoms with Crippen LogP contribution in [0.3, 0.4) is 0 Å². The molecule has 1 aromatic rings. The molecule has 0 aliphatic carbocycles. The van der Waals surface area contributed by atoms with Crippen LogP contribution in [0.2, 0.25) is 0 Å². The first-order valence-electron chi connectivity index (χ1n) is 7.67. The number of ketones is 1. The first-order chi connectivity index (χ1) is 10.8. The van der Waals surface area contributed by atoms with E-state index < -0.39 is 6.10 Å². The Morgan fingerprint density at radius 3 is 2.61 bits per heavy atom. The molecular weight excluding hydrogens is 294 g/mol. The molecule has 1 aromatic carbocycles. The number of allylic oxidation sites excluding steroid dienone is 2. The van der Waals surface area contributed by atoms with Gasteiger partial charge >= 0.3 is 0 Å². The Bertz CT molecular complexity index is 546. The van der Waals surface area contributed by atoms with Crippen molar-refractivity contribution in [2.24, 2.45) is 0 Å². The molecule has 0 radical (unpaired) electrons. The van der Waals surface area contributed by atoms with Crippen molar-refractivity contribution >= 4 is 5.78 Å². The third-order valence-corrected chi connectivity index (χ3v) is 3.07. The molecule has 0 saturated carbocycles. The smallest absolute Gasteiger partial charge is 0.185 e. The van der Waals surface area contributed by atoms with Crippen molar-refractivity contribution in [1.82, 2.24) is 5.32 Å². The maximum Gasteiger partial charge on any atom is 0.185 e. The molecule has 2 N–H and O–H groups in total. The largest absolute Gasteiger partial charge is 0.493 e. The fourth-order valence-corrected chi connectivity index (χ4v) is 1.86. The number of hydrogen-bond acceptors (Lipinski definition) is 5. The van der Waals surface area contributed by atoms with E-state index in [4.69, 9.17) is 9.47 Å². The summed E-state index contributed by atoms with van der Waals surface area (Å²) in [6, 6.07) is 5.00. The van der Waals surface area contributed by atoms with Crippen LogP contribution in [0.1, 0.15) is 38.1 Å². The third kappa shape index (κ3) is 6.84. The Morgan fingerprint density at radius 2 is 2.04 bits per heavy atom. The zero-order chi connectivity index (χ0) is 17.5. The second kappa shape index (κ2) is 8.70. The SMILES string of the molecule is CC=CC(=O)c1ccc(OCC(O)CNC(C)(C)C)c(OC)c1. The van der Waals surface area contributed by atoms with Gasteiger partial charge in [-0.25, -0.2) is 0 Å². The number of ether oxygens (including phenoxy) is 2. The van der Waals surface area contributed by atoms with Crippen molar-refractivity contribution in [2.45, 2.75) is 39.3 Å². The Morgan fingerprint density at radius 1 is 1.35 bits per heavy atom. The van der Waals surface area contributed by atoms with E-state index in [0.717, 1.165) is 0 Å².